The molecule has 0 radical (unpaired) electrons. The number of rotatable bonds is 3. The van der Waals surface area contributed by atoms with Crippen LogP contribution in [0, 0.1) is 0 Å². The molecule has 0 spiro atoms. The average molecular weight is 435 g/mol. The fourth-order valence-corrected chi connectivity index (χ4v) is 4.63. The smallest absolute Gasteiger partial charge is 0.273 e. The van der Waals surface area contributed by atoms with E-state index in [4.69, 9.17) is 4.74 Å². The number of ether oxygens (including phenoxy) is 1. The Labute approximate surface area is 162 Å². The normalized spacial score (nSPS) is 17.6. The molecule has 128 valence electrons. The van der Waals surface area contributed by atoms with Crippen LogP contribution in [0.5, 0.6) is 0 Å². The number of carbonyl (C=O) groups excluding carboxylic acids is 1. The van der Waals surface area contributed by atoms with Crippen molar-refractivity contribution in [3.8, 4) is 9.88 Å². The summed E-state index contributed by atoms with van der Waals surface area (Å²) in [5.41, 5.74) is 1.60. The number of morpholine rings is 1. The molecule has 2 aromatic heterocycles. The molecule has 1 saturated heterocycles. The van der Waals surface area contributed by atoms with Crippen LogP contribution in [0.3, 0.4) is 0 Å². The number of carbonyl (C=O) groups is 1. The summed E-state index contributed by atoms with van der Waals surface area (Å²) >= 11 is 6.59. The van der Waals surface area contributed by atoms with Crippen LogP contribution < -0.4 is 0 Å². The van der Waals surface area contributed by atoms with Crippen LogP contribution in [0.4, 0.5) is 0 Å². The van der Waals surface area contributed by atoms with Crippen molar-refractivity contribution in [2.75, 3.05) is 19.7 Å². The summed E-state index contributed by atoms with van der Waals surface area (Å²) in [7, 11) is 0. The lowest BCUT2D eigenvalue weighted by Gasteiger charge is -2.32. The minimum Gasteiger partial charge on any atom is -0.370 e. The summed E-state index contributed by atoms with van der Waals surface area (Å²) in [5, 5.41) is 4.76. The molecule has 1 unspecified atom stereocenters. The van der Waals surface area contributed by atoms with Crippen molar-refractivity contribution in [3.63, 3.8) is 0 Å². The first-order valence-corrected chi connectivity index (χ1v) is 10.4. The maximum Gasteiger partial charge on any atom is 0.273 e. The van der Waals surface area contributed by atoms with Crippen LogP contribution in [-0.4, -0.2) is 35.5 Å². The highest BCUT2D eigenvalue weighted by molar-refractivity contribution is 9.10. The largest absolute Gasteiger partial charge is 0.370 e. The second kappa shape index (κ2) is 7.37. The van der Waals surface area contributed by atoms with E-state index in [0.717, 1.165) is 19.9 Å². The topological polar surface area (TPSA) is 42.4 Å². The Morgan fingerprint density at radius 2 is 2.08 bits per heavy atom. The predicted molar refractivity (Wildman–Crippen MR) is 104 cm³/mol. The highest BCUT2D eigenvalue weighted by atomic mass is 79.9. The second-order valence-corrected chi connectivity index (χ2v) is 8.40. The molecule has 4 rings (SSSR count). The van der Waals surface area contributed by atoms with E-state index in [9.17, 15) is 4.79 Å². The monoisotopic (exact) mass is 434 g/mol. The molecule has 1 aromatic carbocycles. The summed E-state index contributed by atoms with van der Waals surface area (Å²) in [6.45, 7) is 1.68. The molecular formula is C18H15BrN2O2S2. The quantitative estimate of drug-likeness (QED) is 0.591. The molecule has 0 bridgehead atoms. The molecule has 0 aliphatic carbocycles. The van der Waals surface area contributed by atoms with Crippen molar-refractivity contribution in [1.82, 2.24) is 9.88 Å². The number of thiazole rings is 1. The fraction of sp³-hybridized carbons (Fsp3) is 0.222. The van der Waals surface area contributed by atoms with E-state index in [1.807, 2.05) is 52.1 Å². The van der Waals surface area contributed by atoms with Crippen molar-refractivity contribution in [3.05, 3.63) is 62.9 Å². The fourth-order valence-electron chi connectivity index (χ4n) is 2.76. The maximum absolute atomic E-state index is 12.8. The van der Waals surface area contributed by atoms with Gasteiger partial charge in [0.25, 0.3) is 5.91 Å². The Bertz CT molecular complexity index is 862. The zero-order valence-corrected chi connectivity index (χ0v) is 16.4. The minimum atomic E-state index is -0.0961. The Kier molecular flexibility index (Phi) is 4.98. The Morgan fingerprint density at radius 3 is 2.84 bits per heavy atom. The molecule has 3 aromatic rings. The summed E-state index contributed by atoms with van der Waals surface area (Å²) in [4.78, 5) is 20.3. The van der Waals surface area contributed by atoms with Gasteiger partial charge in [-0.15, -0.1) is 22.7 Å². The SMILES string of the molecule is O=C(c1csc(-c2cccs2)n1)N1CCOC(c2ccc(Br)cc2)C1. The van der Waals surface area contributed by atoms with Gasteiger partial charge in [-0.3, -0.25) is 4.79 Å². The molecule has 0 saturated carbocycles. The van der Waals surface area contributed by atoms with E-state index in [-0.39, 0.29) is 12.0 Å². The molecule has 3 heterocycles. The number of halogens is 1. The third-order valence-corrected chi connectivity index (χ3v) is 6.46. The van der Waals surface area contributed by atoms with Gasteiger partial charge in [0.1, 0.15) is 16.8 Å². The first-order chi connectivity index (χ1) is 12.2. The summed E-state index contributed by atoms with van der Waals surface area (Å²) < 4.78 is 6.89. The van der Waals surface area contributed by atoms with E-state index in [0.29, 0.717) is 25.4 Å². The summed E-state index contributed by atoms with van der Waals surface area (Å²) in [6.07, 6.45) is -0.0961. The van der Waals surface area contributed by atoms with Crippen molar-refractivity contribution in [2.24, 2.45) is 0 Å². The van der Waals surface area contributed by atoms with Crippen LogP contribution in [-0.2, 0) is 4.74 Å². The number of aromatic nitrogens is 1. The van der Waals surface area contributed by atoms with Crippen LogP contribution in [0.1, 0.15) is 22.2 Å². The maximum atomic E-state index is 12.8. The van der Waals surface area contributed by atoms with Crippen molar-refractivity contribution < 1.29 is 9.53 Å². The zero-order valence-electron chi connectivity index (χ0n) is 13.2. The van der Waals surface area contributed by atoms with E-state index < -0.39 is 0 Å². The van der Waals surface area contributed by atoms with Gasteiger partial charge >= 0.3 is 0 Å². The van der Waals surface area contributed by atoms with Gasteiger partial charge in [0.05, 0.1) is 18.0 Å². The number of nitrogens with zero attached hydrogens (tertiary/aromatic N) is 2. The number of thiophene rings is 1. The highest BCUT2D eigenvalue weighted by Gasteiger charge is 2.27. The van der Waals surface area contributed by atoms with Crippen LogP contribution in [0.25, 0.3) is 9.88 Å². The molecule has 1 aliphatic rings. The molecule has 1 atom stereocenters. The van der Waals surface area contributed by atoms with Crippen molar-refractivity contribution >= 4 is 44.5 Å². The van der Waals surface area contributed by atoms with Gasteiger partial charge in [-0.2, -0.15) is 0 Å². The first-order valence-electron chi connectivity index (χ1n) is 7.86. The molecular weight excluding hydrogens is 420 g/mol. The molecule has 25 heavy (non-hydrogen) atoms. The van der Waals surface area contributed by atoms with Crippen LogP contribution in [0.2, 0.25) is 0 Å². The van der Waals surface area contributed by atoms with Gasteiger partial charge in [-0.25, -0.2) is 4.98 Å². The third-order valence-electron chi connectivity index (χ3n) is 4.05. The van der Waals surface area contributed by atoms with Gasteiger partial charge in [0.2, 0.25) is 0 Å². The molecule has 7 heteroatoms. The lowest BCUT2D eigenvalue weighted by molar-refractivity contribution is -0.0229. The van der Waals surface area contributed by atoms with Crippen molar-refractivity contribution in [1.29, 1.82) is 0 Å². The Hall–Kier alpha value is -1.54. The van der Waals surface area contributed by atoms with Gasteiger partial charge < -0.3 is 9.64 Å². The first kappa shape index (κ1) is 16.9. The highest BCUT2D eigenvalue weighted by Crippen LogP contribution is 2.29. The molecule has 1 fully saturated rings. The van der Waals surface area contributed by atoms with Gasteiger partial charge in [-0.1, -0.05) is 34.1 Å². The van der Waals surface area contributed by atoms with Gasteiger partial charge in [0, 0.05) is 16.4 Å². The number of benzene rings is 1. The van der Waals surface area contributed by atoms with Gasteiger partial charge in [-0.05, 0) is 29.1 Å². The van der Waals surface area contributed by atoms with Crippen LogP contribution in [0.15, 0.2) is 51.6 Å². The van der Waals surface area contributed by atoms with E-state index in [1.165, 1.54) is 11.3 Å². The average Bonchev–Trinajstić information content (AvgIpc) is 3.33. The molecule has 1 amide bonds. The van der Waals surface area contributed by atoms with Crippen LogP contribution >= 0.6 is 38.6 Å². The standard InChI is InChI=1S/C18H15BrN2O2S2/c19-13-5-3-12(4-6-13)15-10-21(7-8-23-15)18(22)14-11-25-17(20-14)16-2-1-9-24-16/h1-6,9,11,15H,7-8,10H2. The zero-order chi connectivity index (χ0) is 17.2. The molecule has 0 N–H and O–H groups in total. The molecule has 1 aliphatic heterocycles. The lowest BCUT2D eigenvalue weighted by Crippen LogP contribution is -2.42. The lowest BCUT2D eigenvalue weighted by atomic mass is 10.1. The second-order valence-electron chi connectivity index (χ2n) is 5.68. The van der Waals surface area contributed by atoms with Crippen molar-refractivity contribution in [2.45, 2.75) is 6.10 Å². The van der Waals surface area contributed by atoms with E-state index in [1.54, 1.807) is 11.3 Å². The Balaban J connectivity index is 1.49. The number of hydrogen-bond acceptors (Lipinski definition) is 5. The van der Waals surface area contributed by atoms with E-state index in [2.05, 4.69) is 20.9 Å². The summed E-state index contributed by atoms with van der Waals surface area (Å²) in [6, 6.07) is 12.1. The van der Waals surface area contributed by atoms with Gasteiger partial charge in [0.15, 0.2) is 0 Å². The number of amides is 1. The minimum absolute atomic E-state index is 0.0236. The van der Waals surface area contributed by atoms with E-state index >= 15 is 0 Å². The molecule has 4 nitrogen and oxygen atoms in total. The third kappa shape index (κ3) is 3.69. The predicted octanol–water partition coefficient (Wildman–Crippen LogP) is 4.85. The number of hydrogen-bond donors (Lipinski definition) is 0. The Morgan fingerprint density at radius 1 is 1.24 bits per heavy atom. The summed E-state index contributed by atoms with van der Waals surface area (Å²) in [5.74, 6) is -0.0236.